The molecule has 0 bridgehead atoms. The molecule has 4 aromatic rings. The summed E-state index contributed by atoms with van der Waals surface area (Å²) in [6.45, 7) is 0. The van der Waals surface area contributed by atoms with Crippen molar-refractivity contribution in [2.24, 2.45) is 0 Å². The van der Waals surface area contributed by atoms with Gasteiger partial charge in [0.15, 0.2) is 26.4 Å². The molecule has 0 saturated heterocycles. The van der Waals surface area contributed by atoms with Gasteiger partial charge in [-0.2, -0.15) is 5.10 Å². The number of nitrogen functional groups attached to an aromatic ring is 1. The third kappa shape index (κ3) is 5.18. The molecular formula is C23H15F3N6O3S. The lowest BCUT2D eigenvalue weighted by atomic mass is 10.1. The van der Waals surface area contributed by atoms with E-state index in [-0.39, 0.29) is 27.9 Å². The van der Waals surface area contributed by atoms with Gasteiger partial charge >= 0.3 is 0 Å². The molecule has 0 radical (unpaired) electrons. The van der Waals surface area contributed by atoms with Gasteiger partial charge in [0, 0.05) is 24.7 Å². The number of hydrogen-bond donors (Lipinski definition) is 2. The Bertz CT molecular complexity index is 1640. The number of halogens is 3. The van der Waals surface area contributed by atoms with Crippen molar-refractivity contribution in [3.05, 3.63) is 89.1 Å². The Hall–Kier alpha value is -4.70. The van der Waals surface area contributed by atoms with Crippen LogP contribution < -0.4 is 11.1 Å². The van der Waals surface area contributed by atoms with Crippen LogP contribution in [-0.4, -0.2) is 40.3 Å². The molecule has 3 N–H and O–H groups in total. The number of amides is 1. The zero-order valence-electron chi connectivity index (χ0n) is 18.3. The van der Waals surface area contributed by atoms with Gasteiger partial charge in [-0.05, 0) is 36.4 Å². The number of hydrogen-bond acceptors (Lipinski definition) is 7. The van der Waals surface area contributed by atoms with Gasteiger partial charge in [-0.1, -0.05) is 11.8 Å². The summed E-state index contributed by atoms with van der Waals surface area (Å²) in [6.07, 6.45) is 3.45. The topological polar surface area (TPSA) is 133 Å². The first-order chi connectivity index (χ1) is 17.0. The highest BCUT2D eigenvalue weighted by Gasteiger charge is 2.23. The minimum Gasteiger partial charge on any atom is -0.368 e. The van der Waals surface area contributed by atoms with Crippen LogP contribution in [0.1, 0.15) is 21.6 Å². The van der Waals surface area contributed by atoms with Gasteiger partial charge in [0.1, 0.15) is 11.6 Å². The van der Waals surface area contributed by atoms with E-state index in [0.29, 0.717) is 0 Å². The lowest BCUT2D eigenvalue weighted by Crippen LogP contribution is -2.15. The van der Waals surface area contributed by atoms with E-state index in [2.05, 4.69) is 32.2 Å². The smallest absolute Gasteiger partial charge is 0.276 e. The molecule has 0 aliphatic heterocycles. The molecule has 4 rings (SSSR count). The second-order valence-electron chi connectivity index (χ2n) is 7.35. The van der Waals surface area contributed by atoms with Gasteiger partial charge in [0.05, 0.1) is 22.5 Å². The van der Waals surface area contributed by atoms with E-state index in [4.69, 9.17) is 5.73 Å². The van der Waals surface area contributed by atoms with Crippen molar-refractivity contribution in [3.63, 3.8) is 0 Å². The molecule has 0 fully saturated rings. The van der Waals surface area contributed by atoms with Crippen molar-refractivity contribution in [3.8, 4) is 17.5 Å². The number of nitrogens with zero attached hydrogens (tertiary/aromatic N) is 4. The maximum Gasteiger partial charge on any atom is 0.276 e. The minimum atomic E-state index is -3.87. The monoisotopic (exact) mass is 512 g/mol. The predicted molar refractivity (Wildman–Crippen MR) is 123 cm³/mol. The van der Waals surface area contributed by atoms with Gasteiger partial charge in [-0.25, -0.2) is 36.2 Å². The first-order valence-corrected chi connectivity index (χ1v) is 11.9. The normalized spacial score (nSPS) is 11.0. The first-order valence-electron chi connectivity index (χ1n) is 9.98. The van der Waals surface area contributed by atoms with Gasteiger partial charge in [0.2, 0.25) is 5.95 Å². The Morgan fingerprint density at radius 3 is 2.33 bits per heavy atom. The average molecular weight is 512 g/mol. The standard InChI is InChI=1S/C23H15F3N6O3S/c1-36(34,35)20-10-19(31-32(20)15-5-3-14(24)4-6-15)22(33)30-18-9-8-17(25)16(21(18)26)7-2-13-11-28-23(27)29-12-13/h3-6,8-12H,1H3,(H,30,33)(H2,27,28,29). The largest absolute Gasteiger partial charge is 0.368 e. The maximum absolute atomic E-state index is 15.0. The summed E-state index contributed by atoms with van der Waals surface area (Å²) >= 11 is 0. The van der Waals surface area contributed by atoms with Gasteiger partial charge in [-0.15, -0.1) is 0 Å². The van der Waals surface area contributed by atoms with E-state index in [1.54, 1.807) is 0 Å². The van der Waals surface area contributed by atoms with Crippen LogP contribution in [0.2, 0.25) is 0 Å². The number of sulfone groups is 1. The number of anilines is 2. The van der Waals surface area contributed by atoms with E-state index in [1.165, 1.54) is 24.5 Å². The van der Waals surface area contributed by atoms with Gasteiger partial charge in [-0.3, -0.25) is 4.79 Å². The Kier molecular flexibility index (Phi) is 6.45. The number of nitrogens with two attached hydrogens (primary N) is 1. The molecule has 0 aliphatic carbocycles. The van der Waals surface area contributed by atoms with E-state index in [1.807, 2.05) is 0 Å². The molecule has 0 atom stereocenters. The molecule has 2 aromatic carbocycles. The molecule has 0 aliphatic rings. The molecular weight excluding hydrogens is 497 g/mol. The van der Waals surface area contributed by atoms with E-state index < -0.39 is 44.4 Å². The van der Waals surface area contributed by atoms with E-state index in [0.717, 1.165) is 41.3 Å². The fourth-order valence-corrected chi connectivity index (χ4v) is 3.78. The molecule has 0 saturated carbocycles. The Balaban J connectivity index is 1.67. The SMILES string of the molecule is CS(=O)(=O)c1cc(C(=O)Nc2ccc(F)c(C#Cc3cnc(N)nc3)c2F)nn1-c1ccc(F)cc1. The molecule has 0 unspecified atom stereocenters. The quantitative estimate of drug-likeness (QED) is 0.402. The molecule has 2 heterocycles. The number of carbonyl (C=O) groups is 1. The van der Waals surface area contributed by atoms with Crippen molar-refractivity contribution in [1.29, 1.82) is 0 Å². The summed E-state index contributed by atoms with van der Waals surface area (Å²) in [5.74, 6) is 1.16. The number of nitrogens with one attached hydrogen (secondary N) is 1. The maximum atomic E-state index is 15.0. The molecule has 0 spiro atoms. The fourth-order valence-electron chi connectivity index (χ4n) is 2.99. The van der Waals surface area contributed by atoms with E-state index >= 15 is 0 Å². The van der Waals surface area contributed by atoms with Crippen LogP contribution in [0, 0.1) is 29.3 Å². The van der Waals surface area contributed by atoms with Crippen molar-refractivity contribution < 1.29 is 26.4 Å². The highest BCUT2D eigenvalue weighted by atomic mass is 32.2. The fraction of sp³-hybridized carbons (Fsp3) is 0.0435. The first kappa shape index (κ1) is 24.4. The average Bonchev–Trinajstić information content (AvgIpc) is 3.29. The van der Waals surface area contributed by atoms with Crippen LogP contribution in [0.4, 0.5) is 24.8 Å². The lowest BCUT2D eigenvalue weighted by molar-refractivity contribution is 0.102. The summed E-state index contributed by atoms with van der Waals surface area (Å²) in [6, 6.07) is 7.60. The molecule has 13 heteroatoms. The van der Waals surface area contributed by atoms with Crippen LogP contribution in [0.15, 0.2) is 59.9 Å². The van der Waals surface area contributed by atoms with Crippen molar-refractivity contribution in [1.82, 2.24) is 19.7 Å². The highest BCUT2D eigenvalue weighted by Crippen LogP contribution is 2.23. The molecule has 182 valence electrons. The third-order valence-corrected chi connectivity index (χ3v) is 5.75. The zero-order valence-corrected chi connectivity index (χ0v) is 19.1. The predicted octanol–water partition coefficient (Wildman–Crippen LogP) is 2.72. The molecule has 9 nitrogen and oxygen atoms in total. The summed E-state index contributed by atoms with van der Waals surface area (Å²) in [4.78, 5) is 20.2. The van der Waals surface area contributed by atoms with Crippen LogP contribution in [0.25, 0.3) is 5.69 Å². The van der Waals surface area contributed by atoms with Gasteiger partial charge < -0.3 is 11.1 Å². The van der Waals surface area contributed by atoms with Crippen LogP contribution in [0.3, 0.4) is 0 Å². The lowest BCUT2D eigenvalue weighted by Gasteiger charge is -2.07. The summed E-state index contributed by atoms with van der Waals surface area (Å²) in [5.41, 5.74) is 4.38. The van der Waals surface area contributed by atoms with E-state index in [9.17, 15) is 26.4 Å². The molecule has 36 heavy (non-hydrogen) atoms. The van der Waals surface area contributed by atoms with Crippen molar-refractivity contribution >= 4 is 27.4 Å². The second-order valence-corrected chi connectivity index (χ2v) is 9.31. The number of carbonyl (C=O) groups excluding carboxylic acids is 1. The Morgan fingerprint density at radius 1 is 1.03 bits per heavy atom. The highest BCUT2D eigenvalue weighted by molar-refractivity contribution is 7.90. The number of aromatic nitrogens is 4. The third-order valence-electron chi connectivity index (χ3n) is 4.70. The van der Waals surface area contributed by atoms with Gasteiger partial charge in [0.25, 0.3) is 5.91 Å². The molecule has 2 aromatic heterocycles. The minimum absolute atomic E-state index is 0.00326. The number of benzene rings is 2. The number of rotatable bonds is 4. The van der Waals surface area contributed by atoms with Crippen LogP contribution in [-0.2, 0) is 9.84 Å². The van der Waals surface area contributed by atoms with Crippen LogP contribution in [0.5, 0.6) is 0 Å². The summed E-state index contributed by atoms with van der Waals surface area (Å²) in [7, 11) is -3.87. The summed E-state index contributed by atoms with van der Waals surface area (Å²) < 4.78 is 67.9. The van der Waals surface area contributed by atoms with Crippen molar-refractivity contribution in [2.45, 2.75) is 5.03 Å². The Labute approximate surface area is 202 Å². The zero-order chi connectivity index (χ0) is 26.0. The summed E-state index contributed by atoms with van der Waals surface area (Å²) in [5, 5.41) is 5.86. The molecule has 1 amide bonds. The van der Waals surface area contributed by atoms with Crippen LogP contribution >= 0.6 is 0 Å². The van der Waals surface area contributed by atoms with Crippen molar-refractivity contribution in [2.75, 3.05) is 17.3 Å². The Morgan fingerprint density at radius 2 is 1.69 bits per heavy atom. The second kappa shape index (κ2) is 9.51.